The molecular formula is C23H24N2O3S. The second-order valence-electron chi connectivity index (χ2n) is 7.04. The number of amides is 1. The number of carbonyl (C=O) groups excluding carboxylic acids is 1. The maximum atomic E-state index is 12.9. The van der Waals surface area contributed by atoms with Crippen LogP contribution in [-0.4, -0.2) is 32.7 Å². The molecule has 1 N–H and O–H groups in total. The molecule has 0 aliphatic carbocycles. The van der Waals surface area contributed by atoms with E-state index in [-0.39, 0.29) is 16.8 Å². The van der Waals surface area contributed by atoms with Crippen LogP contribution in [0.2, 0.25) is 0 Å². The van der Waals surface area contributed by atoms with Gasteiger partial charge in [-0.25, -0.2) is 12.7 Å². The van der Waals surface area contributed by atoms with E-state index in [1.165, 1.54) is 38.4 Å². The molecule has 0 aromatic heterocycles. The van der Waals surface area contributed by atoms with E-state index in [2.05, 4.69) is 5.32 Å². The Hall–Kier alpha value is -2.96. The average Bonchev–Trinajstić information content (AvgIpc) is 2.73. The van der Waals surface area contributed by atoms with Crippen molar-refractivity contribution in [2.45, 2.75) is 17.9 Å². The smallest absolute Gasteiger partial charge is 0.252 e. The van der Waals surface area contributed by atoms with E-state index in [1.54, 1.807) is 0 Å². The summed E-state index contributed by atoms with van der Waals surface area (Å²) in [7, 11) is -0.582. The van der Waals surface area contributed by atoms with Crippen LogP contribution in [0, 0.1) is 6.92 Å². The molecule has 3 aromatic rings. The van der Waals surface area contributed by atoms with Gasteiger partial charge in [0.1, 0.15) is 0 Å². The normalized spacial score (nSPS) is 12.6. The van der Waals surface area contributed by atoms with Crippen LogP contribution in [0.4, 0.5) is 0 Å². The summed E-state index contributed by atoms with van der Waals surface area (Å²) < 4.78 is 25.6. The van der Waals surface area contributed by atoms with Crippen LogP contribution in [0.25, 0.3) is 0 Å². The molecule has 6 heteroatoms. The van der Waals surface area contributed by atoms with Gasteiger partial charge in [-0.1, -0.05) is 60.2 Å². The highest BCUT2D eigenvalue weighted by atomic mass is 32.2. The first-order valence-electron chi connectivity index (χ1n) is 9.24. The molecule has 0 fully saturated rings. The lowest BCUT2D eigenvalue weighted by Gasteiger charge is -2.20. The average molecular weight is 409 g/mol. The molecule has 0 aliphatic heterocycles. The van der Waals surface area contributed by atoms with Gasteiger partial charge in [-0.2, -0.15) is 0 Å². The highest BCUT2D eigenvalue weighted by Crippen LogP contribution is 2.23. The molecule has 0 spiro atoms. The Bertz CT molecular complexity index is 1080. The third-order valence-corrected chi connectivity index (χ3v) is 6.54. The predicted octanol–water partition coefficient (Wildman–Crippen LogP) is 3.76. The predicted molar refractivity (Wildman–Crippen MR) is 114 cm³/mol. The molecule has 150 valence electrons. The number of aryl methyl sites for hydroxylation is 1. The van der Waals surface area contributed by atoms with Crippen LogP contribution >= 0.6 is 0 Å². The van der Waals surface area contributed by atoms with Crippen molar-refractivity contribution in [3.63, 3.8) is 0 Å². The van der Waals surface area contributed by atoms with Gasteiger partial charge >= 0.3 is 0 Å². The lowest BCUT2D eigenvalue weighted by atomic mass is 9.97. The Morgan fingerprint density at radius 3 is 1.93 bits per heavy atom. The van der Waals surface area contributed by atoms with Crippen molar-refractivity contribution in [3.05, 3.63) is 101 Å². The van der Waals surface area contributed by atoms with Gasteiger partial charge in [-0.05, 0) is 42.3 Å². The first kappa shape index (κ1) is 20.8. The van der Waals surface area contributed by atoms with Crippen molar-refractivity contribution < 1.29 is 13.2 Å². The molecule has 0 saturated heterocycles. The van der Waals surface area contributed by atoms with E-state index in [4.69, 9.17) is 0 Å². The number of hydrogen-bond donors (Lipinski definition) is 1. The highest BCUT2D eigenvalue weighted by molar-refractivity contribution is 7.89. The van der Waals surface area contributed by atoms with E-state index in [1.807, 2.05) is 61.5 Å². The van der Waals surface area contributed by atoms with E-state index < -0.39 is 10.0 Å². The lowest BCUT2D eigenvalue weighted by molar-refractivity contribution is 0.0943. The standard InChI is InChI=1S/C23H24N2O3S/c1-17-9-11-19(12-10-17)22(18-7-5-4-6-8-18)24-23(26)20-13-15-21(16-14-20)29(27,28)25(2)3/h4-16,22H,1-3H3,(H,24,26)/t22-/m0/s1. The molecule has 0 bridgehead atoms. The van der Waals surface area contributed by atoms with E-state index in [0.29, 0.717) is 5.56 Å². The molecule has 0 unspecified atom stereocenters. The Morgan fingerprint density at radius 1 is 0.828 bits per heavy atom. The first-order valence-corrected chi connectivity index (χ1v) is 10.7. The minimum absolute atomic E-state index is 0.150. The summed E-state index contributed by atoms with van der Waals surface area (Å²) in [5.74, 6) is -0.270. The fourth-order valence-corrected chi connectivity index (χ4v) is 3.87. The second-order valence-corrected chi connectivity index (χ2v) is 9.19. The zero-order valence-corrected chi connectivity index (χ0v) is 17.5. The Kier molecular flexibility index (Phi) is 6.15. The van der Waals surface area contributed by atoms with Crippen molar-refractivity contribution >= 4 is 15.9 Å². The summed E-state index contributed by atoms with van der Waals surface area (Å²) in [5, 5.41) is 3.07. The van der Waals surface area contributed by atoms with Crippen molar-refractivity contribution in [3.8, 4) is 0 Å². The maximum Gasteiger partial charge on any atom is 0.252 e. The molecule has 1 atom stereocenters. The summed E-state index contributed by atoms with van der Waals surface area (Å²) in [5.41, 5.74) is 3.48. The van der Waals surface area contributed by atoms with Crippen LogP contribution < -0.4 is 5.32 Å². The minimum atomic E-state index is -3.53. The number of benzene rings is 3. The van der Waals surface area contributed by atoms with Gasteiger partial charge in [0.05, 0.1) is 10.9 Å². The van der Waals surface area contributed by atoms with Gasteiger partial charge in [0.25, 0.3) is 5.91 Å². The van der Waals surface area contributed by atoms with Gasteiger partial charge < -0.3 is 5.32 Å². The molecule has 1 amide bonds. The summed E-state index contributed by atoms with van der Waals surface area (Å²) in [6.07, 6.45) is 0. The van der Waals surface area contributed by atoms with Crippen molar-refractivity contribution in [1.29, 1.82) is 0 Å². The maximum absolute atomic E-state index is 12.9. The quantitative estimate of drug-likeness (QED) is 0.675. The first-order chi connectivity index (χ1) is 13.8. The van der Waals surface area contributed by atoms with E-state index in [0.717, 1.165) is 21.0 Å². The highest BCUT2D eigenvalue weighted by Gasteiger charge is 2.20. The van der Waals surface area contributed by atoms with Crippen molar-refractivity contribution in [1.82, 2.24) is 9.62 Å². The third-order valence-electron chi connectivity index (χ3n) is 4.71. The van der Waals surface area contributed by atoms with Gasteiger partial charge in [0.2, 0.25) is 10.0 Å². The lowest BCUT2D eigenvalue weighted by Crippen LogP contribution is -2.29. The Morgan fingerprint density at radius 2 is 1.38 bits per heavy atom. The summed E-state index contributed by atoms with van der Waals surface area (Å²) in [4.78, 5) is 13.0. The van der Waals surface area contributed by atoms with Crippen LogP contribution in [0.1, 0.15) is 33.1 Å². The van der Waals surface area contributed by atoms with Gasteiger partial charge in [-0.3, -0.25) is 4.79 Å². The number of rotatable bonds is 6. The summed E-state index contributed by atoms with van der Waals surface area (Å²) in [6.45, 7) is 2.02. The molecule has 29 heavy (non-hydrogen) atoms. The van der Waals surface area contributed by atoms with Gasteiger partial charge in [0, 0.05) is 19.7 Å². The number of hydrogen-bond acceptors (Lipinski definition) is 3. The molecular weight excluding hydrogens is 384 g/mol. The largest absolute Gasteiger partial charge is 0.341 e. The summed E-state index contributed by atoms with van der Waals surface area (Å²) in [6, 6.07) is 23.4. The second kappa shape index (κ2) is 8.59. The zero-order valence-electron chi connectivity index (χ0n) is 16.7. The SMILES string of the molecule is Cc1ccc([C@@H](NC(=O)c2ccc(S(=O)(=O)N(C)C)cc2)c2ccccc2)cc1. The molecule has 0 heterocycles. The van der Waals surface area contributed by atoms with Crippen molar-refractivity contribution in [2.24, 2.45) is 0 Å². The topological polar surface area (TPSA) is 66.5 Å². The van der Waals surface area contributed by atoms with E-state index in [9.17, 15) is 13.2 Å². The molecule has 0 radical (unpaired) electrons. The monoisotopic (exact) mass is 408 g/mol. The Labute approximate surface area is 172 Å². The van der Waals surface area contributed by atoms with Gasteiger partial charge in [0.15, 0.2) is 0 Å². The van der Waals surface area contributed by atoms with Crippen LogP contribution in [0.3, 0.4) is 0 Å². The minimum Gasteiger partial charge on any atom is -0.341 e. The fourth-order valence-electron chi connectivity index (χ4n) is 2.97. The molecule has 3 rings (SSSR count). The van der Waals surface area contributed by atoms with Gasteiger partial charge in [-0.15, -0.1) is 0 Å². The number of carbonyl (C=O) groups is 1. The van der Waals surface area contributed by atoms with Crippen LogP contribution in [0.5, 0.6) is 0 Å². The zero-order chi connectivity index (χ0) is 21.0. The molecule has 3 aromatic carbocycles. The number of nitrogens with one attached hydrogen (secondary N) is 1. The van der Waals surface area contributed by atoms with Crippen LogP contribution in [0.15, 0.2) is 83.8 Å². The fraction of sp³-hybridized carbons (Fsp3) is 0.174. The molecule has 0 saturated carbocycles. The molecule has 5 nitrogen and oxygen atoms in total. The van der Waals surface area contributed by atoms with E-state index >= 15 is 0 Å². The number of sulfonamides is 1. The number of nitrogens with zero attached hydrogens (tertiary/aromatic N) is 1. The van der Waals surface area contributed by atoms with Crippen molar-refractivity contribution in [2.75, 3.05) is 14.1 Å². The molecule has 0 aliphatic rings. The van der Waals surface area contributed by atoms with Crippen LogP contribution in [-0.2, 0) is 10.0 Å². The third kappa shape index (κ3) is 4.72. The summed E-state index contributed by atoms with van der Waals surface area (Å²) >= 11 is 0. The Balaban J connectivity index is 1.88.